The van der Waals surface area contributed by atoms with Crippen molar-refractivity contribution in [1.29, 1.82) is 0 Å². The van der Waals surface area contributed by atoms with Crippen molar-refractivity contribution in [3.63, 3.8) is 0 Å². The van der Waals surface area contributed by atoms with E-state index >= 15 is 0 Å². The summed E-state index contributed by atoms with van der Waals surface area (Å²) in [6.45, 7) is 1.94. The molecule has 1 saturated heterocycles. The number of hydrogen-bond donors (Lipinski definition) is 1. The largest absolute Gasteiger partial charge is 0.392 e. The van der Waals surface area contributed by atoms with E-state index in [0.29, 0.717) is 18.7 Å². The smallest absolute Gasteiger partial charge is 0.273 e. The third-order valence-electron chi connectivity index (χ3n) is 2.83. The predicted molar refractivity (Wildman–Crippen MR) is 59.0 cm³/mol. The highest BCUT2D eigenvalue weighted by atomic mass is 16.6. The van der Waals surface area contributed by atoms with Crippen molar-refractivity contribution < 1.29 is 10.0 Å². The van der Waals surface area contributed by atoms with E-state index in [-0.39, 0.29) is 16.7 Å². The van der Waals surface area contributed by atoms with E-state index in [9.17, 15) is 15.2 Å². The highest BCUT2D eigenvalue weighted by Gasteiger charge is 2.22. The van der Waals surface area contributed by atoms with Crippen molar-refractivity contribution in [2.75, 3.05) is 13.1 Å². The second-order valence-electron chi connectivity index (χ2n) is 4.06. The molecule has 16 heavy (non-hydrogen) atoms. The van der Waals surface area contributed by atoms with E-state index in [1.165, 1.54) is 6.07 Å². The lowest BCUT2D eigenvalue weighted by Gasteiger charge is -2.14. The van der Waals surface area contributed by atoms with E-state index in [1.807, 2.05) is 4.90 Å². The van der Waals surface area contributed by atoms with Crippen LogP contribution < -0.4 is 0 Å². The molecule has 5 nitrogen and oxygen atoms in total. The minimum absolute atomic E-state index is 0.156. The number of benzene rings is 1. The summed E-state index contributed by atoms with van der Waals surface area (Å²) in [6, 6.07) is 6.75. The summed E-state index contributed by atoms with van der Waals surface area (Å²) in [5.41, 5.74) is 0.866. The lowest BCUT2D eigenvalue weighted by molar-refractivity contribution is -0.385. The number of para-hydroxylation sites is 1. The molecule has 2 rings (SSSR count). The van der Waals surface area contributed by atoms with Crippen molar-refractivity contribution in [3.05, 3.63) is 39.9 Å². The van der Waals surface area contributed by atoms with E-state index < -0.39 is 0 Å². The van der Waals surface area contributed by atoms with Crippen molar-refractivity contribution in [2.24, 2.45) is 0 Å². The molecule has 0 amide bonds. The Balaban J connectivity index is 2.12. The third kappa shape index (κ3) is 2.37. The van der Waals surface area contributed by atoms with Crippen LogP contribution in [0.3, 0.4) is 0 Å². The number of β-amino-alcohol motifs (C(OH)–C–C–N with tert-alkyl or cyclic N) is 1. The lowest BCUT2D eigenvalue weighted by atomic mass is 10.1. The number of likely N-dealkylation sites (tertiary alicyclic amines) is 1. The van der Waals surface area contributed by atoms with Gasteiger partial charge in [-0.2, -0.15) is 0 Å². The van der Waals surface area contributed by atoms with Crippen molar-refractivity contribution in [2.45, 2.75) is 19.1 Å². The SMILES string of the molecule is O=[N+]([O-])c1ccccc1CN1CC[C@@H](O)C1. The van der Waals surface area contributed by atoms with Gasteiger partial charge < -0.3 is 5.11 Å². The minimum Gasteiger partial charge on any atom is -0.392 e. The first-order chi connectivity index (χ1) is 7.66. The Bertz CT molecular complexity index is 395. The Kier molecular flexibility index (Phi) is 3.17. The molecule has 1 fully saturated rings. The zero-order valence-electron chi connectivity index (χ0n) is 8.87. The van der Waals surface area contributed by atoms with Crippen LogP contribution in [0.2, 0.25) is 0 Å². The van der Waals surface area contributed by atoms with Crippen LogP contribution in [0.5, 0.6) is 0 Å². The topological polar surface area (TPSA) is 66.6 Å². The predicted octanol–water partition coefficient (Wildman–Crippen LogP) is 1.16. The molecule has 1 N–H and O–H groups in total. The Morgan fingerprint density at radius 2 is 2.25 bits per heavy atom. The summed E-state index contributed by atoms with van der Waals surface area (Å²) in [7, 11) is 0. The summed E-state index contributed by atoms with van der Waals surface area (Å²) in [5, 5.41) is 20.2. The molecule has 0 aliphatic carbocycles. The molecule has 86 valence electrons. The first kappa shape index (κ1) is 11.0. The van der Waals surface area contributed by atoms with Gasteiger partial charge in [0, 0.05) is 31.3 Å². The molecule has 0 spiro atoms. The van der Waals surface area contributed by atoms with Gasteiger partial charge in [-0.3, -0.25) is 15.0 Å². The van der Waals surface area contributed by atoms with Crippen molar-refractivity contribution in [1.82, 2.24) is 4.90 Å². The van der Waals surface area contributed by atoms with Gasteiger partial charge in [-0.1, -0.05) is 18.2 Å². The molecular weight excluding hydrogens is 208 g/mol. The van der Waals surface area contributed by atoms with Gasteiger partial charge in [0.2, 0.25) is 0 Å². The number of aliphatic hydroxyl groups excluding tert-OH is 1. The van der Waals surface area contributed by atoms with Crippen LogP contribution in [0.25, 0.3) is 0 Å². The van der Waals surface area contributed by atoms with Gasteiger partial charge in [-0.25, -0.2) is 0 Å². The highest BCUT2D eigenvalue weighted by Crippen LogP contribution is 2.21. The lowest BCUT2D eigenvalue weighted by Crippen LogP contribution is -2.21. The minimum atomic E-state index is -0.359. The first-order valence-electron chi connectivity index (χ1n) is 5.29. The van der Waals surface area contributed by atoms with Crippen LogP contribution in [-0.2, 0) is 6.54 Å². The summed E-state index contributed by atoms with van der Waals surface area (Å²) >= 11 is 0. The third-order valence-corrected chi connectivity index (χ3v) is 2.83. The summed E-state index contributed by atoms with van der Waals surface area (Å²) < 4.78 is 0. The molecule has 0 bridgehead atoms. The quantitative estimate of drug-likeness (QED) is 0.615. The van der Waals surface area contributed by atoms with E-state index in [4.69, 9.17) is 0 Å². The van der Waals surface area contributed by atoms with Gasteiger partial charge in [0.1, 0.15) is 0 Å². The Labute approximate surface area is 93.5 Å². The number of nitro benzene ring substituents is 1. The van der Waals surface area contributed by atoms with Crippen LogP contribution in [0, 0.1) is 10.1 Å². The monoisotopic (exact) mass is 222 g/mol. The number of hydrogen-bond acceptors (Lipinski definition) is 4. The van der Waals surface area contributed by atoms with Gasteiger partial charge in [0.05, 0.1) is 11.0 Å². The Hall–Kier alpha value is -1.46. The Morgan fingerprint density at radius 1 is 1.50 bits per heavy atom. The molecule has 1 aliphatic heterocycles. The average molecular weight is 222 g/mol. The molecule has 0 aromatic heterocycles. The molecule has 5 heteroatoms. The molecule has 1 heterocycles. The Morgan fingerprint density at radius 3 is 2.88 bits per heavy atom. The molecule has 1 aromatic carbocycles. The van der Waals surface area contributed by atoms with Crippen LogP contribution >= 0.6 is 0 Å². The molecule has 1 aliphatic rings. The maximum absolute atomic E-state index is 10.8. The molecule has 0 unspecified atom stereocenters. The molecule has 1 atom stereocenters. The van der Waals surface area contributed by atoms with Gasteiger partial charge >= 0.3 is 0 Å². The zero-order valence-corrected chi connectivity index (χ0v) is 8.87. The fourth-order valence-corrected chi connectivity index (χ4v) is 2.02. The fourth-order valence-electron chi connectivity index (χ4n) is 2.02. The normalized spacial score (nSPS) is 21.2. The highest BCUT2D eigenvalue weighted by molar-refractivity contribution is 5.39. The van der Waals surface area contributed by atoms with Crippen LogP contribution in [-0.4, -0.2) is 34.1 Å². The summed E-state index contributed by atoms with van der Waals surface area (Å²) in [5.74, 6) is 0. The van der Waals surface area contributed by atoms with E-state index in [1.54, 1.807) is 18.2 Å². The molecule has 1 aromatic rings. The second-order valence-corrected chi connectivity index (χ2v) is 4.06. The summed E-state index contributed by atoms with van der Waals surface area (Å²) in [6.07, 6.45) is 0.462. The zero-order chi connectivity index (χ0) is 11.5. The maximum atomic E-state index is 10.8. The average Bonchev–Trinajstić information content (AvgIpc) is 2.64. The van der Waals surface area contributed by atoms with Crippen molar-refractivity contribution >= 4 is 5.69 Å². The summed E-state index contributed by atoms with van der Waals surface area (Å²) in [4.78, 5) is 12.5. The number of rotatable bonds is 3. The number of nitro groups is 1. The van der Waals surface area contributed by atoms with Crippen LogP contribution in [0.4, 0.5) is 5.69 Å². The molecule has 0 saturated carbocycles. The van der Waals surface area contributed by atoms with Gasteiger partial charge in [-0.05, 0) is 6.42 Å². The maximum Gasteiger partial charge on any atom is 0.273 e. The van der Waals surface area contributed by atoms with Gasteiger partial charge in [0.15, 0.2) is 0 Å². The second kappa shape index (κ2) is 4.59. The van der Waals surface area contributed by atoms with Crippen LogP contribution in [0.15, 0.2) is 24.3 Å². The molecule has 0 radical (unpaired) electrons. The number of nitrogens with zero attached hydrogens (tertiary/aromatic N) is 2. The van der Waals surface area contributed by atoms with Gasteiger partial charge in [-0.15, -0.1) is 0 Å². The number of aliphatic hydroxyl groups is 1. The van der Waals surface area contributed by atoms with E-state index in [2.05, 4.69) is 0 Å². The molecular formula is C11H14N2O3. The van der Waals surface area contributed by atoms with Gasteiger partial charge in [0.25, 0.3) is 5.69 Å². The standard InChI is InChI=1S/C11H14N2O3/c14-10-5-6-12(8-10)7-9-3-1-2-4-11(9)13(15)16/h1-4,10,14H,5-8H2/t10-/m1/s1. The van der Waals surface area contributed by atoms with Crippen LogP contribution in [0.1, 0.15) is 12.0 Å². The first-order valence-corrected chi connectivity index (χ1v) is 5.29. The van der Waals surface area contributed by atoms with E-state index in [0.717, 1.165) is 13.0 Å². The fraction of sp³-hybridized carbons (Fsp3) is 0.455. The van der Waals surface area contributed by atoms with Crippen molar-refractivity contribution in [3.8, 4) is 0 Å².